The number of nitrogen functional groups attached to an aromatic ring is 1. The van der Waals surface area contributed by atoms with Gasteiger partial charge in [0.2, 0.25) is 0 Å². The molecule has 3 N–H and O–H groups in total. The fourth-order valence-electron chi connectivity index (χ4n) is 1.68. The molecular formula is C13H17N5O. The van der Waals surface area contributed by atoms with E-state index in [2.05, 4.69) is 10.4 Å². The molecule has 6 heteroatoms. The maximum absolute atomic E-state index is 12.0. The average molecular weight is 259 g/mol. The van der Waals surface area contributed by atoms with Gasteiger partial charge in [-0.05, 0) is 24.3 Å². The highest BCUT2D eigenvalue weighted by atomic mass is 16.2. The summed E-state index contributed by atoms with van der Waals surface area (Å²) in [6, 6.07) is 6.86. The van der Waals surface area contributed by atoms with Crippen LogP contribution in [0.3, 0.4) is 0 Å². The third-order valence-corrected chi connectivity index (χ3v) is 2.69. The van der Waals surface area contributed by atoms with Crippen LogP contribution in [-0.4, -0.2) is 27.8 Å². The number of amides is 2. The second-order valence-corrected chi connectivity index (χ2v) is 4.43. The minimum absolute atomic E-state index is 0.173. The molecule has 1 aromatic carbocycles. The lowest BCUT2D eigenvalue weighted by Gasteiger charge is -2.17. The number of nitrogens with zero attached hydrogens (tertiary/aromatic N) is 3. The minimum Gasteiger partial charge on any atom is -0.399 e. The molecule has 2 amide bonds. The number of nitrogens with two attached hydrogens (primary N) is 1. The van der Waals surface area contributed by atoms with Crippen LogP contribution >= 0.6 is 0 Å². The summed E-state index contributed by atoms with van der Waals surface area (Å²) in [5, 5.41) is 6.87. The SMILES string of the molecule is CN(Cc1cnn(C)c1)C(=O)Nc1ccc(N)cc1. The second kappa shape index (κ2) is 5.43. The lowest BCUT2D eigenvalue weighted by molar-refractivity contribution is 0.220. The Hall–Kier alpha value is -2.50. The van der Waals surface area contributed by atoms with E-state index in [4.69, 9.17) is 5.73 Å². The van der Waals surface area contributed by atoms with Gasteiger partial charge in [-0.25, -0.2) is 4.79 Å². The lowest BCUT2D eigenvalue weighted by Crippen LogP contribution is -2.30. The van der Waals surface area contributed by atoms with Crippen molar-refractivity contribution in [3.63, 3.8) is 0 Å². The van der Waals surface area contributed by atoms with Crippen molar-refractivity contribution >= 4 is 17.4 Å². The Bertz CT molecular complexity index is 561. The maximum Gasteiger partial charge on any atom is 0.321 e. The van der Waals surface area contributed by atoms with Crippen molar-refractivity contribution in [2.24, 2.45) is 7.05 Å². The predicted molar refractivity (Wildman–Crippen MR) is 74.5 cm³/mol. The second-order valence-electron chi connectivity index (χ2n) is 4.43. The molecule has 6 nitrogen and oxygen atoms in total. The van der Waals surface area contributed by atoms with Crippen LogP contribution in [-0.2, 0) is 13.6 Å². The van der Waals surface area contributed by atoms with Gasteiger partial charge in [0, 0.05) is 37.2 Å². The standard InChI is InChI=1S/C13H17N5O/c1-17(8-10-7-15-18(2)9-10)13(19)16-12-5-3-11(14)4-6-12/h3-7,9H,8,14H2,1-2H3,(H,16,19). The first kappa shape index (κ1) is 12.9. The summed E-state index contributed by atoms with van der Waals surface area (Å²) in [5.74, 6) is 0. The zero-order chi connectivity index (χ0) is 13.8. The molecule has 1 aromatic heterocycles. The van der Waals surface area contributed by atoms with Crippen molar-refractivity contribution in [2.45, 2.75) is 6.54 Å². The van der Waals surface area contributed by atoms with Gasteiger partial charge in [0.25, 0.3) is 0 Å². The summed E-state index contributed by atoms with van der Waals surface area (Å²) < 4.78 is 1.71. The number of anilines is 2. The first-order valence-corrected chi connectivity index (χ1v) is 5.90. The minimum atomic E-state index is -0.173. The van der Waals surface area contributed by atoms with Crippen molar-refractivity contribution in [3.8, 4) is 0 Å². The smallest absolute Gasteiger partial charge is 0.321 e. The van der Waals surface area contributed by atoms with Gasteiger partial charge in [-0.2, -0.15) is 5.10 Å². The van der Waals surface area contributed by atoms with Gasteiger partial charge < -0.3 is 16.0 Å². The van der Waals surface area contributed by atoms with Crippen molar-refractivity contribution in [1.29, 1.82) is 0 Å². The number of carbonyl (C=O) groups excluding carboxylic acids is 1. The van der Waals surface area contributed by atoms with Crippen LogP contribution in [0.1, 0.15) is 5.56 Å². The first-order valence-electron chi connectivity index (χ1n) is 5.90. The zero-order valence-corrected chi connectivity index (χ0v) is 11.0. The number of rotatable bonds is 3. The average Bonchev–Trinajstić information content (AvgIpc) is 2.77. The third-order valence-electron chi connectivity index (χ3n) is 2.69. The number of nitrogens with one attached hydrogen (secondary N) is 1. The molecule has 0 saturated heterocycles. The monoisotopic (exact) mass is 259 g/mol. The van der Waals surface area contributed by atoms with Crippen LogP contribution in [0.5, 0.6) is 0 Å². The van der Waals surface area contributed by atoms with Crippen LogP contribution in [0, 0.1) is 0 Å². The molecule has 0 bridgehead atoms. The normalized spacial score (nSPS) is 10.2. The molecule has 1 heterocycles. The Morgan fingerprint density at radius 1 is 1.42 bits per heavy atom. The van der Waals surface area contributed by atoms with Gasteiger partial charge in [-0.15, -0.1) is 0 Å². The molecule has 0 aliphatic rings. The molecule has 0 spiro atoms. The van der Waals surface area contributed by atoms with Crippen LogP contribution in [0.4, 0.5) is 16.2 Å². The maximum atomic E-state index is 12.0. The molecule has 2 rings (SSSR count). The molecule has 0 atom stereocenters. The van der Waals surface area contributed by atoms with E-state index in [-0.39, 0.29) is 6.03 Å². The number of benzene rings is 1. The zero-order valence-electron chi connectivity index (χ0n) is 11.0. The summed E-state index contributed by atoms with van der Waals surface area (Å²) in [4.78, 5) is 13.6. The van der Waals surface area contributed by atoms with Gasteiger partial charge in [0.05, 0.1) is 12.7 Å². The summed E-state index contributed by atoms with van der Waals surface area (Å²) in [7, 11) is 3.58. The molecule has 0 unspecified atom stereocenters. The number of urea groups is 1. The van der Waals surface area contributed by atoms with E-state index in [0.717, 1.165) is 11.3 Å². The fraction of sp³-hybridized carbons (Fsp3) is 0.231. The predicted octanol–water partition coefficient (Wildman–Crippen LogP) is 1.67. The first-order chi connectivity index (χ1) is 9.04. The Morgan fingerprint density at radius 3 is 2.68 bits per heavy atom. The van der Waals surface area contributed by atoms with Crippen molar-refractivity contribution in [1.82, 2.24) is 14.7 Å². The molecular weight excluding hydrogens is 242 g/mol. The molecule has 0 fully saturated rings. The van der Waals surface area contributed by atoms with E-state index >= 15 is 0 Å². The molecule has 2 aromatic rings. The van der Waals surface area contributed by atoms with Gasteiger partial charge >= 0.3 is 6.03 Å². The van der Waals surface area contributed by atoms with Gasteiger partial charge in [-0.1, -0.05) is 0 Å². The highest BCUT2D eigenvalue weighted by Crippen LogP contribution is 2.11. The number of aromatic nitrogens is 2. The highest BCUT2D eigenvalue weighted by molar-refractivity contribution is 5.89. The third kappa shape index (κ3) is 3.48. The molecule has 0 radical (unpaired) electrons. The van der Waals surface area contributed by atoms with E-state index in [1.807, 2.05) is 13.2 Å². The molecule has 0 aliphatic heterocycles. The van der Waals surface area contributed by atoms with Gasteiger partial charge in [-0.3, -0.25) is 4.68 Å². The van der Waals surface area contributed by atoms with Crippen LogP contribution in [0.15, 0.2) is 36.7 Å². The van der Waals surface area contributed by atoms with Crippen molar-refractivity contribution in [3.05, 3.63) is 42.2 Å². The number of hydrogen-bond donors (Lipinski definition) is 2. The van der Waals surface area contributed by atoms with Crippen LogP contribution in [0.25, 0.3) is 0 Å². The van der Waals surface area contributed by atoms with Gasteiger partial charge in [0.1, 0.15) is 0 Å². The summed E-state index contributed by atoms with van der Waals surface area (Å²) in [6.45, 7) is 0.509. The topological polar surface area (TPSA) is 76.2 Å². The summed E-state index contributed by atoms with van der Waals surface area (Å²) >= 11 is 0. The Labute approximate surface area is 111 Å². The molecule has 19 heavy (non-hydrogen) atoms. The number of hydrogen-bond acceptors (Lipinski definition) is 3. The lowest BCUT2D eigenvalue weighted by atomic mass is 10.3. The Balaban J connectivity index is 1.94. The molecule has 0 saturated carbocycles. The quantitative estimate of drug-likeness (QED) is 0.823. The van der Waals surface area contributed by atoms with Gasteiger partial charge in [0.15, 0.2) is 0 Å². The largest absolute Gasteiger partial charge is 0.399 e. The van der Waals surface area contributed by atoms with E-state index in [9.17, 15) is 4.79 Å². The molecule has 100 valence electrons. The Kier molecular flexibility index (Phi) is 3.70. The fourth-order valence-corrected chi connectivity index (χ4v) is 1.68. The number of aryl methyl sites for hydroxylation is 1. The Morgan fingerprint density at radius 2 is 2.11 bits per heavy atom. The van der Waals surface area contributed by atoms with Crippen molar-refractivity contribution < 1.29 is 4.79 Å². The summed E-state index contributed by atoms with van der Waals surface area (Å²) in [6.07, 6.45) is 3.62. The van der Waals surface area contributed by atoms with E-state index in [1.54, 1.807) is 47.1 Å². The highest BCUT2D eigenvalue weighted by Gasteiger charge is 2.10. The number of carbonyl (C=O) groups is 1. The van der Waals surface area contributed by atoms with E-state index in [1.165, 1.54) is 0 Å². The van der Waals surface area contributed by atoms with Crippen molar-refractivity contribution in [2.75, 3.05) is 18.1 Å². The van der Waals surface area contributed by atoms with E-state index in [0.29, 0.717) is 12.2 Å². The van der Waals surface area contributed by atoms with Crippen LogP contribution < -0.4 is 11.1 Å². The van der Waals surface area contributed by atoms with Crippen LogP contribution in [0.2, 0.25) is 0 Å². The van der Waals surface area contributed by atoms with E-state index < -0.39 is 0 Å². The molecule has 0 aliphatic carbocycles. The summed E-state index contributed by atoms with van der Waals surface area (Å²) in [5.41, 5.74) is 7.96.